The van der Waals surface area contributed by atoms with Crippen molar-refractivity contribution in [2.24, 2.45) is 0 Å². The van der Waals surface area contributed by atoms with Crippen molar-refractivity contribution in [1.29, 1.82) is 0 Å². The zero-order valence-corrected chi connectivity index (χ0v) is 19.3. The second kappa shape index (κ2) is 12.1. The van der Waals surface area contributed by atoms with Gasteiger partial charge in [-0.05, 0) is 0 Å². The summed E-state index contributed by atoms with van der Waals surface area (Å²) in [5, 5.41) is 2.58. The summed E-state index contributed by atoms with van der Waals surface area (Å²) in [5.41, 5.74) is 0. The summed E-state index contributed by atoms with van der Waals surface area (Å²) in [7, 11) is 1.04. The zero-order valence-electron chi connectivity index (χ0n) is 19.3. The molecule has 0 aliphatic carbocycles. The molecule has 3 unspecified atom stereocenters. The molecule has 13 heteroatoms. The molecule has 5 atom stereocenters. The highest BCUT2D eigenvalue weighted by molar-refractivity contribution is 5.82. The van der Waals surface area contributed by atoms with E-state index >= 15 is 0 Å². The summed E-state index contributed by atoms with van der Waals surface area (Å²) in [6.07, 6.45) is -4.21. The first-order chi connectivity index (χ1) is 15.3. The van der Waals surface area contributed by atoms with Crippen molar-refractivity contribution in [3.05, 3.63) is 0 Å². The Balaban J connectivity index is 3.46. The minimum absolute atomic E-state index is 0.240. The molecular formula is C20H29NO12. The van der Waals surface area contributed by atoms with Crippen molar-refractivity contribution in [2.75, 3.05) is 13.7 Å². The van der Waals surface area contributed by atoms with Crippen molar-refractivity contribution < 1.29 is 57.2 Å². The summed E-state index contributed by atoms with van der Waals surface area (Å²) in [5.74, 6) is -6.91. The average Bonchev–Trinajstić information content (AvgIpc) is 2.66. The number of esters is 5. The van der Waals surface area contributed by atoms with Crippen molar-refractivity contribution in [1.82, 2.24) is 5.32 Å². The minimum atomic E-state index is -2.32. The van der Waals surface area contributed by atoms with Crippen LogP contribution in [0.25, 0.3) is 0 Å². The third-order valence-corrected chi connectivity index (χ3v) is 4.41. The predicted molar refractivity (Wildman–Crippen MR) is 106 cm³/mol. The summed E-state index contributed by atoms with van der Waals surface area (Å²) in [4.78, 5) is 70.7. The molecule has 1 saturated heterocycles. The number of amides is 1. The van der Waals surface area contributed by atoms with E-state index in [1.54, 1.807) is 0 Å². The van der Waals surface area contributed by atoms with Gasteiger partial charge in [0.25, 0.3) is 0 Å². The third kappa shape index (κ3) is 8.67. The van der Waals surface area contributed by atoms with E-state index in [9.17, 15) is 28.8 Å². The van der Waals surface area contributed by atoms with E-state index in [4.69, 9.17) is 28.4 Å². The maximum atomic E-state index is 12.6. The normalized spacial score (nSPS) is 25.1. The fourth-order valence-corrected chi connectivity index (χ4v) is 3.42. The van der Waals surface area contributed by atoms with Crippen LogP contribution in [0.2, 0.25) is 0 Å². The van der Waals surface area contributed by atoms with Gasteiger partial charge >= 0.3 is 35.6 Å². The van der Waals surface area contributed by atoms with E-state index in [1.807, 2.05) is 0 Å². The second-order valence-electron chi connectivity index (χ2n) is 7.34. The predicted octanol–water partition coefficient (Wildman–Crippen LogP) is -0.471. The van der Waals surface area contributed by atoms with Crippen LogP contribution in [-0.2, 0) is 57.2 Å². The standard InChI is InChI=1S/C20H29NO12/c1-10(22)21-18-16(7-15(30-12(3)24)9-29-11(2)23)33-20(19(27)28-6,32-14(5)26)8-17(18)31-13(4)25/h15-18H,7-9H2,1-6H3,(H,21,22)/t15?,16?,17-,18?,20-/m1/s1. The number of ether oxygens (including phenoxy) is 6. The number of nitrogens with one attached hydrogen (secondary N) is 1. The highest BCUT2D eigenvalue weighted by Gasteiger charge is 2.57. The Kier molecular flexibility index (Phi) is 10.2. The highest BCUT2D eigenvalue weighted by atomic mass is 16.8. The van der Waals surface area contributed by atoms with Gasteiger partial charge in [0.05, 0.1) is 25.7 Å². The Morgan fingerprint density at radius 1 is 0.970 bits per heavy atom. The fraction of sp³-hybridized carbons (Fsp3) is 0.700. The lowest BCUT2D eigenvalue weighted by Crippen LogP contribution is -2.65. The van der Waals surface area contributed by atoms with Crippen LogP contribution in [0, 0.1) is 0 Å². The van der Waals surface area contributed by atoms with Crippen LogP contribution in [0.5, 0.6) is 0 Å². The molecule has 13 nitrogen and oxygen atoms in total. The summed E-state index contributed by atoms with van der Waals surface area (Å²) < 4.78 is 31.1. The Hall–Kier alpha value is -3.22. The Morgan fingerprint density at radius 2 is 1.61 bits per heavy atom. The topological polar surface area (TPSA) is 170 Å². The summed E-state index contributed by atoms with van der Waals surface area (Å²) >= 11 is 0. The monoisotopic (exact) mass is 475 g/mol. The molecule has 1 N–H and O–H groups in total. The molecule has 0 aromatic rings. The maximum absolute atomic E-state index is 12.6. The van der Waals surface area contributed by atoms with E-state index in [1.165, 1.54) is 6.92 Å². The van der Waals surface area contributed by atoms with E-state index in [-0.39, 0.29) is 13.0 Å². The lowest BCUT2D eigenvalue weighted by atomic mass is 9.89. The van der Waals surface area contributed by atoms with Gasteiger partial charge in [-0.15, -0.1) is 0 Å². The Bertz CT molecular complexity index is 781. The van der Waals surface area contributed by atoms with E-state index < -0.39 is 72.3 Å². The fourth-order valence-electron chi connectivity index (χ4n) is 3.42. The molecule has 186 valence electrons. The SMILES string of the molecule is COC(=O)[C@@]1(OC(C)=O)C[C@@H](OC(C)=O)C(NC(C)=O)C(CC(COC(C)=O)OC(C)=O)O1. The van der Waals surface area contributed by atoms with Gasteiger partial charge in [-0.1, -0.05) is 0 Å². The number of hydrogen-bond donors (Lipinski definition) is 1. The number of carbonyl (C=O) groups excluding carboxylic acids is 6. The van der Waals surface area contributed by atoms with Crippen molar-refractivity contribution in [3.8, 4) is 0 Å². The highest BCUT2D eigenvalue weighted by Crippen LogP contribution is 2.36. The molecule has 1 amide bonds. The molecule has 1 heterocycles. The van der Waals surface area contributed by atoms with E-state index in [0.29, 0.717) is 0 Å². The van der Waals surface area contributed by atoms with Crippen LogP contribution >= 0.6 is 0 Å². The first kappa shape index (κ1) is 27.8. The molecule has 0 radical (unpaired) electrons. The van der Waals surface area contributed by atoms with Crippen LogP contribution in [0.1, 0.15) is 47.5 Å². The van der Waals surface area contributed by atoms with Crippen LogP contribution < -0.4 is 5.32 Å². The van der Waals surface area contributed by atoms with E-state index in [2.05, 4.69) is 5.32 Å². The van der Waals surface area contributed by atoms with Gasteiger partial charge < -0.3 is 33.7 Å². The van der Waals surface area contributed by atoms with Gasteiger partial charge in [-0.2, -0.15) is 0 Å². The van der Waals surface area contributed by atoms with Gasteiger partial charge in [0, 0.05) is 41.0 Å². The van der Waals surface area contributed by atoms with E-state index in [0.717, 1.165) is 34.8 Å². The van der Waals surface area contributed by atoms with Crippen molar-refractivity contribution >= 4 is 35.8 Å². The lowest BCUT2D eigenvalue weighted by molar-refractivity contribution is -0.290. The smallest absolute Gasteiger partial charge is 0.379 e. The molecule has 33 heavy (non-hydrogen) atoms. The Labute approximate surface area is 190 Å². The summed E-state index contributed by atoms with van der Waals surface area (Å²) in [6.45, 7) is 5.28. The molecule has 1 fully saturated rings. The van der Waals surface area contributed by atoms with Crippen molar-refractivity contribution in [2.45, 2.75) is 77.6 Å². The number of rotatable bonds is 9. The lowest BCUT2D eigenvalue weighted by Gasteiger charge is -2.46. The van der Waals surface area contributed by atoms with Crippen LogP contribution in [-0.4, -0.2) is 79.6 Å². The van der Waals surface area contributed by atoms with Crippen LogP contribution in [0.4, 0.5) is 0 Å². The van der Waals surface area contributed by atoms with Gasteiger partial charge in [-0.25, -0.2) is 4.79 Å². The largest absolute Gasteiger partial charge is 0.464 e. The zero-order chi connectivity index (χ0) is 25.3. The summed E-state index contributed by atoms with van der Waals surface area (Å²) in [6, 6.07) is -1.05. The van der Waals surface area contributed by atoms with Gasteiger partial charge in [0.1, 0.15) is 18.8 Å². The first-order valence-corrected chi connectivity index (χ1v) is 10.00. The van der Waals surface area contributed by atoms with Gasteiger partial charge in [-0.3, -0.25) is 24.0 Å². The number of methoxy groups -OCH3 is 1. The molecule has 1 aliphatic rings. The number of hydrogen-bond acceptors (Lipinski definition) is 12. The second-order valence-corrected chi connectivity index (χ2v) is 7.34. The van der Waals surface area contributed by atoms with Crippen molar-refractivity contribution in [3.63, 3.8) is 0 Å². The number of carbonyl (C=O) groups is 6. The Morgan fingerprint density at radius 3 is 2.06 bits per heavy atom. The van der Waals surface area contributed by atoms with Gasteiger partial charge in [0.15, 0.2) is 0 Å². The molecule has 0 aromatic heterocycles. The molecule has 1 aliphatic heterocycles. The molecule has 0 bridgehead atoms. The van der Waals surface area contributed by atoms with Crippen LogP contribution in [0.15, 0.2) is 0 Å². The molecular weight excluding hydrogens is 446 g/mol. The van der Waals surface area contributed by atoms with Crippen LogP contribution in [0.3, 0.4) is 0 Å². The maximum Gasteiger partial charge on any atom is 0.379 e. The first-order valence-electron chi connectivity index (χ1n) is 10.00. The molecule has 0 spiro atoms. The minimum Gasteiger partial charge on any atom is -0.464 e. The average molecular weight is 475 g/mol. The third-order valence-electron chi connectivity index (χ3n) is 4.41. The van der Waals surface area contributed by atoms with Gasteiger partial charge in [0.2, 0.25) is 5.91 Å². The molecule has 0 aromatic carbocycles. The quantitative estimate of drug-likeness (QED) is 0.336. The molecule has 1 rings (SSSR count). The molecule has 0 saturated carbocycles.